The van der Waals surface area contributed by atoms with Crippen LogP contribution in [0.5, 0.6) is 0 Å². The van der Waals surface area contributed by atoms with Crippen LogP contribution in [0.3, 0.4) is 0 Å². The minimum absolute atomic E-state index is 0.0120. The molecule has 3 amide bonds. The number of rotatable bonds is 7. The summed E-state index contributed by atoms with van der Waals surface area (Å²) >= 11 is 5.92. The molecule has 0 bridgehead atoms. The number of nitrogens with one attached hydrogen (secondary N) is 1. The van der Waals surface area contributed by atoms with Crippen molar-refractivity contribution in [3.8, 4) is 0 Å². The normalized spacial score (nSPS) is 20.5. The van der Waals surface area contributed by atoms with Gasteiger partial charge in [-0.25, -0.2) is 0 Å². The minimum atomic E-state index is -0.538. The van der Waals surface area contributed by atoms with E-state index in [1.165, 1.54) is 0 Å². The number of para-hydroxylation sites is 1. The van der Waals surface area contributed by atoms with Gasteiger partial charge >= 0.3 is 0 Å². The van der Waals surface area contributed by atoms with E-state index < -0.39 is 5.41 Å². The molecule has 2 aliphatic rings. The number of halogens is 1. The highest BCUT2D eigenvalue weighted by Gasteiger charge is 2.35. The fourth-order valence-electron chi connectivity index (χ4n) is 3.88. The molecule has 1 aromatic carbocycles. The van der Waals surface area contributed by atoms with E-state index in [4.69, 9.17) is 11.6 Å². The number of piperazine rings is 1. The number of alkyl halides is 1. The standard InChI is InChI=1S/C22H31ClN4O3/c1-22(2,16-23)21(30)26-12-10-25(11-13-26)9-8-24-20(29)17-14-19(28)27(15-17)18-6-4-3-5-7-18/h3-7,17H,8-16H2,1-2H3,(H,24,29). The van der Waals surface area contributed by atoms with Gasteiger partial charge in [-0.3, -0.25) is 19.3 Å². The third kappa shape index (κ3) is 5.32. The van der Waals surface area contributed by atoms with E-state index in [0.29, 0.717) is 32.1 Å². The van der Waals surface area contributed by atoms with Crippen molar-refractivity contribution in [2.45, 2.75) is 20.3 Å². The van der Waals surface area contributed by atoms with Gasteiger partial charge in [0.1, 0.15) is 0 Å². The molecule has 2 heterocycles. The molecule has 1 unspecified atom stereocenters. The van der Waals surface area contributed by atoms with Crippen molar-refractivity contribution in [3.63, 3.8) is 0 Å². The summed E-state index contributed by atoms with van der Waals surface area (Å²) < 4.78 is 0. The number of anilines is 1. The molecular formula is C22H31ClN4O3. The number of hydrogen-bond acceptors (Lipinski definition) is 4. The van der Waals surface area contributed by atoms with E-state index in [1.807, 2.05) is 49.1 Å². The van der Waals surface area contributed by atoms with E-state index in [0.717, 1.165) is 25.3 Å². The Kier molecular flexibility index (Phi) is 7.36. The maximum absolute atomic E-state index is 12.5. The molecule has 2 fully saturated rings. The molecule has 1 N–H and O–H groups in total. The lowest BCUT2D eigenvalue weighted by molar-refractivity contribution is -0.141. The first kappa shape index (κ1) is 22.6. The number of benzene rings is 1. The monoisotopic (exact) mass is 434 g/mol. The van der Waals surface area contributed by atoms with Crippen LogP contribution in [0, 0.1) is 11.3 Å². The first-order valence-corrected chi connectivity index (χ1v) is 11.1. The molecule has 0 aliphatic carbocycles. The van der Waals surface area contributed by atoms with E-state index in [2.05, 4.69) is 10.2 Å². The van der Waals surface area contributed by atoms with Crippen LogP contribution in [0.4, 0.5) is 5.69 Å². The zero-order chi connectivity index (χ0) is 21.7. The number of nitrogens with zero attached hydrogens (tertiary/aromatic N) is 3. The summed E-state index contributed by atoms with van der Waals surface area (Å²) in [6.45, 7) is 8.35. The van der Waals surface area contributed by atoms with Crippen LogP contribution in [0.25, 0.3) is 0 Å². The maximum Gasteiger partial charge on any atom is 0.229 e. The second-order valence-corrected chi connectivity index (χ2v) is 8.95. The molecule has 0 saturated carbocycles. The van der Waals surface area contributed by atoms with Crippen LogP contribution >= 0.6 is 11.6 Å². The molecule has 30 heavy (non-hydrogen) atoms. The van der Waals surface area contributed by atoms with Gasteiger partial charge in [-0.15, -0.1) is 11.6 Å². The average molecular weight is 435 g/mol. The van der Waals surface area contributed by atoms with E-state index >= 15 is 0 Å². The van der Waals surface area contributed by atoms with Crippen LogP contribution in [0.1, 0.15) is 20.3 Å². The fraction of sp³-hybridized carbons (Fsp3) is 0.591. The first-order chi connectivity index (χ1) is 14.3. The zero-order valence-electron chi connectivity index (χ0n) is 17.8. The van der Waals surface area contributed by atoms with E-state index in [-0.39, 0.29) is 30.1 Å². The second kappa shape index (κ2) is 9.79. The van der Waals surface area contributed by atoms with Crippen molar-refractivity contribution in [2.24, 2.45) is 11.3 Å². The lowest BCUT2D eigenvalue weighted by atomic mass is 9.94. The second-order valence-electron chi connectivity index (χ2n) is 8.68. The lowest BCUT2D eigenvalue weighted by Crippen LogP contribution is -2.53. The maximum atomic E-state index is 12.5. The van der Waals surface area contributed by atoms with Crippen molar-refractivity contribution in [2.75, 3.05) is 56.6 Å². The van der Waals surface area contributed by atoms with Gasteiger partial charge in [-0.05, 0) is 26.0 Å². The number of amides is 3. The van der Waals surface area contributed by atoms with Gasteiger partial charge in [0.2, 0.25) is 17.7 Å². The van der Waals surface area contributed by atoms with Crippen LogP contribution in [0.2, 0.25) is 0 Å². The molecule has 0 aromatic heterocycles. The Bertz CT molecular complexity index is 763. The third-order valence-corrected chi connectivity index (χ3v) is 6.53. The molecule has 0 spiro atoms. The van der Waals surface area contributed by atoms with Crippen LogP contribution < -0.4 is 10.2 Å². The SMILES string of the molecule is CC(C)(CCl)C(=O)N1CCN(CCNC(=O)C2CC(=O)N(c3ccccc3)C2)CC1. The highest BCUT2D eigenvalue weighted by Crippen LogP contribution is 2.25. The highest BCUT2D eigenvalue weighted by molar-refractivity contribution is 6.19. The summed E-state index contributed by atoms with van der Waals surface area (Å²) in [5.74, 6) is 0.00875. The van der Waals surface area contributed by atoms with Gasteiger partial charge in [-0.1, -0.05) is 18.2 Å². The van der Waals surface area contributed by atoms with Crippen LogP contribution in [-0.2, 0) is 14.4 Å². The summed E-state index contributed by atoms with van der Waals surface area (Å²) in [7, 11) is 0. The Morgan fingerprint density at radius 3 is 2.43 bits per heavy atom. The lowest BCUT2D eigenvalue weighted by Gasteiger charge is -2.38. The largest absolute Gasteiger partial charge is 0.355 e. The quantitative estimate of drug-likeness (QED) is 0.661. The van der Waals surface area contributed by atoms with Gasteiger partial charge in [0, 0.05) is 63.8 Å². The smallest absolute Gasteiger partial charge is 0.229 e. The Morgan fingerprint density at radius 2 is 1.80 bits per heavy atom. The Labute approximate surface area is 183 Å². The molecule has 1 atom stereocenters. The Hall–Kier alpha value is -2.12. The van der Waals surface area contributed by atoms with Gasteiger partial charge in [-0.2, -0.15) is 0 Å². The van der Waals surface area contributed by atoms with Crippen molar-refractivity contribution in [1.29, 1.82) is 0 Å². The van der Waals surface area contributed by atoms with Gasteiger partial charge < -0.3 is 15.1 Å². The summed E-state index contributed by atoms with van der Waals surface area (Å²) in [6.07, 6.45) is 0.248. The molecule has 3 rings (SSSR count). The Morgan fingerprint density at radius 1 is 1.13 bits per heavy atom. The molecule has 8 heteroatoms. The molecule has 2 saturated heterocycles. The minimum Gasteiger partial charge on any atom is -0.355 e. The number of carbonyl (C=O) groups excluding carboxylic acids is 3. The molecule has 0 radical (unpaired) electrons. The average Bonchev–Trinajstić information content (AvgIpc) is 3.16. The number of carbonyl (C=O) groups is 3. The summed E-state index contributed by atoms with van der Waals surface area (Å²) in [5, 5.41) is 2.97. The molecule has 1 aromatic rings. The van der Waals surface area contributed by atoms with E-state index in [9.17, 15) is 14.4 Å². The fourth-order valence-corrected chi connectivity index (χ4v) is 4.00. The van der Waals surface area contributed by atoms with Crippen molar-refractivity contribution < 1.29 is 14.4 Å². The third-order valence-electron chi connectivity index (χ3n) is 5.86. The van der Waals surface area contributed by atoms with Crippen molar-refractivity contribution in [1.82, 2.24) is 15.1 Å². The topological polar surface area (TPSA) is 73.0 Å². The Balaban J connectivity index is 1.39. The predicted molar refractivity (Wildman–Crippen MR) is 117 cm³/mol. The zero-order valence-corrected chi connectivity index (χ0v) is 18.5. The molecular weight excluding hydrogens is 404 g/mol. The van der Waals surface area contributed by atoms with Gasteiger partial charge in [0.25, 0.3) is 0 Å². The molecule has 164 valence electrons. The number of hydrogen-bond donors (Lipinski definition) is 1. The van der Waals surface area contributed by atoms with Gasteiger partial charge in [0.05, 0.1) is 11.3 Å². The predicted octanol–water partition coefficient (Wildman–Crippen LogP) is 1.56. The van der Waals surface area contributed by atoms with Crippen LogP contribution in [0.15, 0.2) is 30.3 Å². The summed E-state index contributed by atoms with van der Waals surface area (Å²) in [4.78, 5) is 43.1. The van der Waals surface area contributed by atoms with Gasteiger partial charge in [0.15, 0.2) is 0 Å². The van der Waals surface area contributed by atoms with Crippen molar-refractivity contribution >= 4 is 35.0 Å². The van der Waals surface area contributed by atoms with E-state index in [1.54, 1.807) is 4.90 Å². The summed E-state index contributed by atoms with van der Waals surface area (Å²) in [5.41, 5.74) is 0.298. The van der Waals surface area contributed by atoms with Crippen LogP contribution in [-0.4, -0.2) is 79.2 Å². The molecule has 2 aliphatic heterocycles. The molecule has 7 nitrogen and oxygen atoms in total. The highest BCUT2D eigenvalue weighted by atomic mass is 35.5. The first-order valence-electron chi connectivity index (χ1n) is 10.5. The van der Waals surface area contributed by atoms with Crippen molar-refractivity contribution in [3.05, 3.63) is 30.3 Å². The summed E-state index contributed by atoms with van der Waals surface area (Å²) in [6, 6.07) is 9.45.